The van der Waals surface area contributed by atoms with E-state index in [0.29, 0.717) is 18.4 Å². The molecule has 0 aliphatic heterocycles. The molecule has 0 aromatic carbocycles. The Labute approximate surface area is 109 Å². The fourth-order valence-corrected chi connectivity index (χ4v) is 1.40. The van der Waals surface area contributed by atoms with Crippen LogP contribution in [-0.2, 0) is 0 Å². The van der Waals surface area contributed by atoms with Crippen molar-refractivity contribution < 1.29 is 5.11 Å². The second-order valence-electron chi connectivity index (χ2n) is 3.87. The topological polar surface area (TPSA) is 88.8 Å². The van der Waals surface area contributed by atoms with Crippen molar-refractivity contribution in [1.82, 2.24) is 24.5 Å². The van der Waals surface area contributed by atoms with Gasteiger partial charge in [0.1, 0.15) is 6.33 Å². The molecule has 8 heteroatoms. The molecular weight excluding hydrogens is 256 g/mol. The summed E-state index contributed by atoms with van der Waals surface area (Å²) in [5.74, 6) is 0.878. The number of aliphatic hydroxyl groups is 1. The molecule has 2 aromatic rings. The van der Waals surface area contributed by atoms with Crippen LogP contribution in [0.2, 0.25) is 5.28 Å². The number of imidazole rings is 1. The Bertz CT molecular complexity index is 503. The Hall–Kier alpha value is -1.73. The third-order valence-corrected chi connectivity index (χ3v) is 2.42. The van der Waals surface area contributed by atoms with Gasteiger partial charge >= 0.3 is 0 Å². The van der Waals surface area contributed by atoms with Crippen LogP contribution in [0.4, 0.5) is 5.95 Å². The normalized spacial score (nSPS) is 12.4. The maximum atomic E-state index is 8.94. The molecule has 0 saturated heterocycles. The Kier molecular flexibility index (Phi) is 4.06. The number of nitrogens with zero attached hydrogens (tertiary/aromatic N) is 5. The molecule has 2 heterocycles. The first-order valence-electron chi connectivity index (χ1n) is 5.43. The van der Waals surface area contributed by atoms with Gasteiger partial charge in [0.25, 0.3) is 0 Å². The van der Waals surface area contributed by atoms with Crippen LogP contribution in [0.1, 0.15) is 6.92 Å². The number of rotatable bonds is 5. The highest BCUT2D eigenvalue weighted by Crippen LogP contribution is 2.09. The molecular formula is C10H13ClN6O. The van der Waals surface area contributed by atoms with Crippen LogP contribution in [0.25, 0.3) is 5.95 Å². The van der Waals surface area contributed by atoms with Gasteiger partial charge in [-0.1, -0.05) is 6.92 Å². The zero-order chi connectivity index (χ0) is 13.0. The lowest BCUT2D eigenvalue weighted by Gasteiger charge is -2.10. The fraction of sp³-hybridized carbons (Fsp3) is 0.400. The average molecular weight is 269 g/mol. The Balaban J connectivity index is 2.17. The minimum absolute atomic E-state index is 0.0974. The smallest absolute Gasteiger partial charge is 0.241 e. The predicted octanol–water partition coefficient (Wildman–Crippen LogP) is 0.751. The number of anilines is 1. The summed E-state index contributed by atoms with van der Waals surface area (Å²) >= 11 is 5.83. The second-order valence-corrected chi connectivity index (χ2v) is 4.20. The predicted molar refractivity (Wildman–Crippen MR) is 66.7 cm³/mol. The maximum Gasteiger partial charge on any atom is 0.241 e. The van der Waals surface area contributed by atoms with E-state index in [0.717, 1.165) is 0 Å². The third-order valence-electron chi connectivity index (χ3n) is 2.25. The molecule has 0 spiro atoms. The number of aromatic nitrogens is 5. The Morgan fingerprint density at radius 3 is 2.94 bits per heavy atom. The Morgan fingerprint density at radius 1 is 1.44 bits per heavy atom. The zero-order valence-corrected chi connectivity index (χ0v) is 10.5. The third kappa shape index (κ3) is 3.14. The van der Waals surface area contributed by atoms with Gasteiger partial charge in [0, 0.05) is 25.5 Å². The molecule has 0 radical (unpaired) electrons. The summed E-state index contributed by atoms with van der Waals surface area (Å²) in [5.41, 5.74) is 0. The standard InChI is InChI=1S/C10H13ClN6O/c1-7(5-18)4-13-9-14-8(11)15-10(16-9)17-3-2-12-6-17/h2-3,6-7,18H,4-5H2,1H3,(H,13,14,15,16). The van der Waals surface area contributed by atoms with Gasteiger partial charge in [-0.25, -0.2) is 4.98 Å². The first kappa shape index (κ1) is 12.7. The number of hydrogen-bond acceptors (Lipinski definition) is 6. The van der Waals surface area contributed by atoms with Gasteiger partial charge in [-0.2, -0.15) is 15.0 Å². The highest BCUT2D eigenvalue weighted by atomic mass is 35.5. The summed E-state index contributed by atoms with van der Waals surface area (Å²) in [7, 11) is 0. The van der Waals surface area contributed by atoms with E-state index in [1.165, 1.54) is 0 Å². The van der Waals surface area contributed by atoms with Crippen LogP contribution < -0.4 is 5.32 Å². The van der Waals surface area contributed by atoms with Gasteiger partial charge in [-0.05, 0) is 17.5 Å². The van der Waals surface area contributed by atoms with Gasteiger partial charge in [0.15, 0.2) is 0 Å². The van der Waals surface area contributed by atoms with E-state index in [2.05, 4.69) is 25.3 Å². The van der Waals surface area contributed by atoms with Gasteiger partial charge < -0.3 is 10.4 Å². The van der Waals surface area contributed by atoms with Crippen molar-refractivity contribution in [3.05, 3.63) is 24.0 Å². The molecule has 0 saturated carbocycles. The number of halogens is 1. The molecule has 0 amide bonds. The number of nitrogens with one attached hydrogen (secondary N) is 1. The van der Waals surface area contributed by atoms with Crippen LogP contribution in [0.15, 0.2) is 18.7 Å². The highest BCUT2D eigenvalue weighted by Gasteiger charge is 2.07. The van der Waals surface area contributed by atoms with E-state index in [4.69, 9.17) is 16.7 Å². The minimum Gasteiger partial charge on any atom is -0.396 e. The number of aliphatic hydroxyl groups excluding tert-OH is 1. The van der Waals surface area contributed by atoms with Crippen molar-refractivity contribution in [1.29, 1.82) is 0 Å². The average Bonchev–Trinajstić information content (AvgIpc) is 2.89. The highest BCUT2D eigenvalue weighted by molar-refractivity contribution is 6.28. The molecule has 0 fully saturated rings. The summed E-state index contributed by atoms with van der Waals surface area (Å²) < 4.78 is 1.63. The summed E-state index contributed by atoms with van der Waals surface area (Å²) in [6.45, 7) is 2.56. The largest absolute Gasteiger partial charge is 0.396 e. The number of hydrogen-bond donors (Lipinski definition) is 2. The summed E-state index contributed by atoms with van der Waals surface area (Å²) in [6, 6.07) is 0. The van der Waals surface area contributed by atoms with Gasteiger partial charge in [0.2, 0.25) is 17.2 Å². The molecule has 2 aromatic heterocycles. The van der Waals surface area contributed by atoms with Crippen molar-refractivity contribution in [2.45, 2.75) is 6.92 Å². The van der Waals surface area contributed by atoms with Crippen LogP contribution >= 0.6 is 11.6 Å². The molecule has 7 nitrogen and oxygen atoms in total. The van der Waals surface area contributed by atoms with Gasteiger partial charge in [-0.3, -0.25) is 4.57 Å². The quantitative estimate of drug-likeness (QED) is 0.832. The molecule has 0 aliphatic rings. The van der Waals surface area contributed by atoms with Crippen LogP contribution in [0, 0.1) is 5.92 Å². The zero-order valence-electron chi connectivity index (χ0n) is 9.78. The van der Waals surface area contributed by atoms with Crippen molar-refractivity contribution in [3.8, 4) is 5.95 Å². The van der Waals surface area contributed by atoms with E-state index in [9.17, 15) is 0 Å². The molecule has 2 N–H and O–H groups in total. The SMILES string of the molecule is CC(CO)CNc1nc(Cl)nc(-n2ccnc2)n1. The summed E-state index contributed by atoms with van der Waals surface area (Å²) in [5, 5.41) is 12.0. The van der Waals surface area contributed by atoms with Crippen LogP contribution in [-0.4, -0.2) is 42.8 Å². The van der Waals surface area contributed by atoms with Crippen LogP contribution in [0.5, 0.6) is 0 Å². The summed E-state index contributed by atoms with van der Waals surface area (Å²) in [4.78, 5) is 16.1. The van der Waals surface area contributed by atoms with E-state index < -0.39 is 0 Å². The summed E-state index contributed by atoms with van der Waals surface area (Å²) in [6.07, 6.45) is 4.91. The first-order valence-corrected chi connectivity index (χ1v) is 5.81. The molecule has 18 heavy (non-hydrogen) atoms. The van der Waals surface area contributed by atoms with Crippen molar-refractivity contribution in [2.24, 2.45) is 5.92 Å². The molecule has 96 valence electrons. The van der Waals surface area contributed by atoms with Gasteiger partial charge in [0.05, 0.1) is 0 Å². The van der Waals surface area contributed by atoms with Crippen molar-refractivity contribution in [3.63, 3.8) is 0 Å². The van der Waals surface area contributed by atoms with Crippen molar-refractivity contribution in [2.75, 3.05) is 18.5 Å². The lowest BCUT2D eigenvalue weighted by atomic mass is 10.2. The minimum atomic E-state index is 0.0974. The molecule has 1 atom stereocenters. The lowest BCUT2D eigenvalue weighted by Crippen LogP contribution is -2.17. The Morgan fingerprint density at radius 2 is 2.28 bits per heavy atom. The first-order chi connectivity index (χ1) is 8.69. The maximum absolute atomic E-state index is 8.94. The molecule has 0 aliphatic carbocycles. The fourth-order valence-electron chi connectivity index (χ4n) is 1.24. The lowest BCUT2D eigenvalue weighted by molar-refractivity contribution is 0.244. The van der Waals surface area contributed by atoms with Crippen molar-refractivity contribution >= 4 is 17.5 Å². The molecule has 0 bridgehead atoms. The second kappa shape index (κ2) is 5.74. The monoisotopic (exact) mass is 268 g/mol. The van der Waals surface area contributed by atoms with E-state index in [1.54, 1.807) is 23.3 Å². The van der Waals surface area contributed by atoms with E-state index in [1.807, 2.05) is 6.92 Å². The van der Waals surface area contributed by atoms with E-state index >= 15 is 0 Å². The van der Waals surface area contributed by atoms with Crippen LogP contribution in [0.3, 0.4) is 0 Å². The molecule has 2 rings (SSSR count). The van der Waals surface area contributed by atoms with E-state index in [-0.39, 0.29) is 17.8 Å². The van der Waals surface area contributed by atoms with Gasteiger partial charge in [-0.15, -0.1) is 0 Å². The molecule has 1 unspecified atom stereocenters.